The van der Waals surface area contributed by atoms with Gasteiger partial charge < -0.3 is 17.4 Å². The van der Waals surface area contributed by atoms with E-state index in [1.165, 1.54) is 0 Å². The van der Waals surface area contributed by atoms with E-state index in [4.69, 9.17) is 5.11 Å². The van der Waals surface area contributed by atoms with Gasteiger partial charge >= 0.3 is 0 Å². The summed E-state index contributed by atoms with van der Waals surface area (Å²) >= 11 is 0. The Morgan fingerprint density at radius 1 is 1.40 bits per heavy atom. The Hall–Kier alpha value is -0.120. The Morgan fingerprint density at radius 3 is 1.40 bits per heavy atom. The number of hydrogen-bond acceptors (Lipinski definition) is 3. The molecule has 0 saturated carbocycles. The van der Waals surface area contributed by atoms with E-state index in [2.05, 4.69) is 0 Å². The molecule has 0 spiro atoms. The molecule has 7 N–H and O–H groups in total. The van der Waals surface area contributed by atoms with Crippen LogP contribution in [0, 0.1) is 0 Å². The topological polar surface area (TPSA) is 90.2 Å². The zero-order valence-corrected chi connectivity index (χ0v) is 3.57. The summed E-state index contributed by atoms with van der Waals surface area (Å²) in [4.78, 5) is 0. The largest absolute Gasteiger partial charge is 0.397 e. The van der Waals surface area contributed by atoms with Crippen molar-refractivity contribution in [2.45, 2.75) is 6.92 Å². The van der Waals surface area contributed by atoms with Gasteiger partial charge in [-0.15, -0.1) is 0 Å². The van der Waals surface area contributed by atoms with Gasteiger partial charge in [-0.2, -0.15) is 0 Å². The lowest BCUT2D eigenvalue weighted by molar-refractivity contribution is 0.318. The van der Waals surface area contributed by atoms with Crippen molar-refractivity contribution < 1.29 is 5.11 Å². The van der Waals surface area contributed by atoms with Gasteiger partial charge in [0.1, 0.15) is 0 Å². The van der Waals surface area contributed by atoms with Crippen molar-refractivity contribution in [2.24, 2.45) is 0 Å². The predicted octanol–water partition coefficient (Wildman–Crippen LogP) is 0.323. The molecule has 5 heavy (non-hydrogen) atoms. The van der Waals surface area contributed by atoms with Crippen molar-refractivity contribution in [3.05, 3.63) is 0 Å². The van der Waals surface area contributed by atoms with Gasteiger partial charge in [0.25, 0.3) is 0 Å². The molecule has 0 aliphatic rings. The molecule has 0 fully saturated rings. The minimum Gasteiger partial charge on any atom is -0.397 e. The second-order valence-electron chi connectivity index (χ2n) is 0.316. The van der Waals surface area contributed by atoms with Crippen molar-refractivity contribution in [3.63, 3.8) is 0 Å². The van der Waals surface area contributed by atoms with E-state index < -0.39 is 0 Å². The third-order valence-electron chi connectivity index (χ3n) is 0. The first-order chi connectivity index (χ1) is 1.41. The second-order valence-corrected chi connectivity index (χ2v) is 0.316. The number of rotatable bonds is 0. The maximum atomic E-state index is 7.57. The van der Waals surface area contributed by atoms with Gasteiger partial charge in [0.05, 0.1) is 0 Å². The summed E-state index contributed by atoms with van der Waals surface area (Å²) in [5.41, 5.74) is 0. The molecule has 0 atom stereocenters. The molecule has 0 bridgehead atoms. The quantitative estimate of drug-likeness (QED) is 0.391. The maximum Gasteiger partial charge on any atom is 0.0402 e. The maximum absolute atomic E-state index is 7.57. The summed E-state index contributed by atoms with van der Waals surface area (Å²) in [5.74, 6) is 0. The first-order valence-electron chi connectivity index (χ1n) is 1.02. The van der Waals surface area contributed by atoms with Crippen molar-refractivity contribution in [1.82, 2.24) is 12.3 Å². The van der Waals surface area contributed by atoms with Crippen molar-refractivity contribution >= 4 is 0 Å². The van der Waals surface area contributed by atoms with E-state index in [-0.39, 0.29) is 18.9 Å². The fourth-order valence-electron chi connectivity index (χ4n) is 0. The average Bonchev–Trinajstić information content (AvgIpc) is 0.918. The highest BCUT2D eigenvalue weighted by Gasteiger charge is 1.34. The molecule has 0 unspecified atom stereocenters. The van der Waals surface area contributed by atoms with E-state index in [1.807, 2.05) is 0 Å². The monoisotopic (exact) mass is 80.1 g/mol. The summed E-state index contributed by atoms with van der Waals surface area (Å²) in [7, 11) is 0. The molecule has 0 aliphatic heterocycles. The molecule has 0 aromatic heterocycles. The van der Waals surface area contributed by atoms with Crippen LogP contribution >= 0.6 is 0 Å². The van der Waals surface area contributed by atoms with E-state index in [1.54, 1.807) is 6.92 Å². The van der Waals surface area contributed by atoms with Crippen molar-refractivity contribution in [2.75, 3.05) is 6.61 Å². The van der Waals surface area contributed by atoms with Crippen LogP contribution in [0.1, 0.15) is 6.92 Å². The van der Waals surface area contributed by atoms with Crippen LogP contribution in [0.25, 0.3) is 0 Å². The Bertz CT molecular complexity index is 7.61. The average molecular weight is 80.1 g/mol. The normalized spacial score (nSPS) is 3.60. The third-order valence-corrected chi connectivity index (χ3v) is 0. The van der Waals surface area contributed by atoms with Gasteiger partial charge in [-0.1, -0.05) is 0 Å². The molecular formula is C2H12N2O. The molecule has 0 rings (SSSR count). The van der Waals surface area contributed by atoms with E-state index in [9.17, 15) is 0 Å². The Balaban J connectivity index is -0.0000000200. The van der Waals surface area contributed by atoms with Crippen LogP contribution in [0.5, 0.6) is 0 Å². The van der Waals surface area contributed by atoms with Crippen molar-refractivity contribution in [3.8, 4) is 0 Å². The molecule has 0 aliphatic carbocycles. The Morgan fingerprint density at radius 2 is 1.40 bits per heavy atom. The zero-order chi connectivity index (χ0) is 2.71. The molecule has 0 saturated heterocycles. The van der Waals surface area contributed by atoms with Gasteiger partial charge in [0, 0.05) is 6.61 Å². The first-order valence-corrected chi connectivity index (χ1v) is 1.02. The number of hydrogen-bond donors (Lipinski definition) is 3. The number of aliphatic hydroxyl groups is 1. The molecular weight excluding hydrogens is 68.0 g/mol. The fourth-order valence-corrected chi connectivity index (χ4v) is 0. The van der Waals surface area contributed by atoms with Crippen LogP contribution in [0.4, 0.5) is 0 Å². The number of aliphatic hydroxyl groups excluding tert-OH is 1. The Labute approximate surface area is 32.2 Å². The van der Waals surface area contributed by atoms with Crippen LogP contribution in [0.15, 0.2) is 0 Å². The zero-order valence-electron chi connectivity index (χ0n) is 3.57. The lowest BCUT2D eigenvalue weighted by atomic mass is 10.9. The highest BCUT2D eigenvalue weighted by molar-refractivity contribution is 3.84. The molecule has 0 heterocycles. The van der Waals surface area contributed by atoms with Crippen LogP contribution in [-0.4, -0.2) is 11.7 Å². The van der Waals surface area contributed by atoms with E-state index in [0.717, 1.165) is 0 Å². The Kier molecular flexibility index (Phi) is 173. The second kappa shape index (κ2) is 41.6. The van der Waals surface area contributed by atoms with Crippen LogP contribution in [0.2, 0.25) is 0 Å². The molecule has 0 aromatic carbocycles. The molecule has 0 radical (unpaired) electrons. The third kappa shape index (κ3) is 952. The standard InChI is InChI=1S/C2H6O.2H3N/c1-2-3;;/h3H,2H2,1H3;2*1H3. The van der Waals surface area contributed by atoms with Gasteiger partial charge in [-0.25, -0.2) is 0 Å². The predicted molar refractivity (Wildman–Crippen MR) is 22.8 cm³/mol. The van der Waals surface area contributed by atoms with Crippen LogP contribution < -0.4 is 12.3 Å². The van der Waals surface area contributed by atoms with Gasteiger partial charge in [-0.3, -0.25) is 0 Å². The molecule has 3 nitrogen and oxygen atoms in total. The lowest BCUT2D eigenvalue weighted by Crippen LogP contribution is -1.57. The van der Waals surface area contributed by atoms with Gasteiger partial charge in [-0.05, 0) is 6.92 Å². The molecule has 3 heteroatoms. The first kappa shape index (κ1) is 20.8. The van der Waals surface area contributed by atoms with Crippen LogP contribution in [-0.2, 0) is 0 Å². The van der Waals surface area contributed by atoms with E-state index >= 15 is 0 Å². The summed E-state index contributed by atoms with van der Waals surface area (Å²) in [5, 5.41) is 7.57. The molecule has 36 valence electrons. The summed E-state index contributed by atoms with van der Waals surface area (Å²) in [6, 6.07) is 0. The van der Waals surface area contributed by atoms with Gasteiger partial charge in [0.2, 0.25) is 0 Å². The van der Waals surface area contributed by atoms with Gasteiger partial charge in [0.15, 0.2) is 0 Å². The highest BCUT2D eigenvalue weighted by atomic mass is 16.2. The van der Waals surface area contributed by atoms with E-state index in [0.29, 0.717) is 0 Å². The minimum absolute atomic E-state index is 0. The summed E-state index contributed by atoms with van der Waals surface area (Å²) in [6.45, 7) is 1.93. The SMILES string of the molecule is CCO.N.N. The van der Waals surface area contributed by atoms with Crippen LogP contribution in [0.3, 0.4) is 0 Å². The van der Waals surface area contributed by atoms with Crippen molar-refractivity contribution in [1.29, 1.82) is 0 Å². The lowest BCUT2D eigenvalue weighted by Gasteiger charge is -1.52. The summed E-state index contributed by atoms with van der Waals surface area (Å²) in [6.07, 6.45) is 0. The smallest absolute Gasteiger partial charge is 0.0402 e. The summed E-state index contributed by atoms with van der Waals surface area (Å²) < 4.78 is 0. The highest BCUT2D eigenvalue weighted by Crippen LogP contribution is 1.30. The fraction of sp³-hybridized carbons (Fsp3) is 1.00. The minimum atomic E-state index is 0. The molecule has 0 aromatic rings. The molecule has 0 amide bonds.